The first-order valence-corrected chi connectivity index (χ1v) is 7.84. The lowest BCUT2D eigenvalue weighted by molar-refractivity contribution is -0.137. The number of fused-ring (bicyclic) bond motifs is 1. The van der Waals surface area contributed by atoms with Gasteiger partial charge in [0.1, 0.15) is 17.8 Å². The predicted octanol–water partition coefficient (Wildman–Crippen LogP) is 3.53. The first-order valence-electron chi connectivity index (χ1n) is 7.84. The Kier molecular flexibility index (Phi) is 3.72. The summed E-state index contributed by atoms with van der Waals surface area (Å²) in [7, 11) is 0. The van der Waals surface area contributed by atoms with Crippen molar-refractivity contribution in [2.24, 2.45) is 5.73 Å². The van der Waals surface area contributed by atoms with Crippen LogP contribution in [0.1, 0.15) is 15.9 Å². The molecule has 6 nitrogen and oxygen atoms in total. The average Bonchev–Trinajstić information content (AvgIpc) is 3.27. The number of carbonyl (C=O) groups is 1. The third kappa shape index (κ3) is 2.73. The van der Waals surface area contributed by atoms with E-state index in [1.165, 1.54) is 41.4 Å². The molecule has 0 aliphatic heterocycles. The molecule has 0 aliphatic carbocycles. The van der Waals surface area contributed by atoms with Crippen molar-refractivity contribution in [3.8, 4) is 17.1 Å². The second-order valence-corrected chi connectivity index (χ2v) is 5.79. The van der Waals surface area contributed by atoms with E-state index in [2.05, 4.69) is 15.0 Å². The summed E-state index contributed by atoms with van der Waals surface area (Å²) in [6.07, 6.45) is -0.199. The number of rotatable bonds is 3. The van der Waals surface area contributed by atoms with E-state index in [4.69, 9.17) is 5.73 Å². The molecule has 9 heteroatoms. The Morgan fingerprint density at radius 1 is 1.11 bits per heavy atom. The van der Waals surface area contributed by atoms with Gasteiger partial charge in [-0.3, -0.25) is 9.36 Å². The Bertz CT molecular complexity index is 1160. The predicted molar refractivity (Wildman–Crippen MR) is 92.2 cm³/mol. The molecule has 27 heavy (non-hydrogen) atoms. The van der Waals surface area contributed by atoms with Crippen LogP contribution < -0.4 is 5.73 Å². The number of amides is 1. The molecule has 3 N–H and O–H groups in total. The van der Waals surface area contributed by atoms with Gasteiger partial charge in [-0.05, 0) is 18.2 Å². The zero-order chi connectivity index (χ0) is 19.2. The van der Waals surface area contributed by atoms with Crippen LogP contribution in [-0.4, -0.2) is 25.4 Å². The summed E-state index contributed by atoms with van der Waals surface area (Å²) in [5.74, 6) is -0.499. The van der Waals surface area contributed by atoms with Crippen LogP contribution in [0.15, 0.2) is 55.1 Å². The molecule has 136 valence electrons. The highest BCUT2D eigenvalue weighted by atomic mass is 19.4. The van der Waals surface area contributed by atoms with Crippen LogP contribution in [0.3, 0.4) is 0 Å². The quantitative estimate of drug-likeness (QED) is 0.577. The fourth-order valence-electron chi connectivity index (χ4n) is 3.07. The van der Waals surface area contributed by atoms with Crippen LogP contribution in [-0.2, 0) is 6.18 Å². The maximum absolute atomic E-state index is 13.6. The summed E-state index contributed by atoms with van der Waals surface area (Å²) < 4.78 is 42.1. The van der Waals surface area contributed by atoms with E-state index in [0.717, 1.165) is 6.07 Å². The third-order valence-electron chi connectivity index (χ3n) is 4.20. The molecule has 0 atom stereocenters. The van der Waals surface area contributed by atoms with Crippen LogP contribution in [0.2, 0.25) is 0 Å². The first-order chi connectivity index (χ1) is 12.9. The highest BCUT2D eigenvalue weighted by Gasteiger charge is 2.35. The fourth-order valence-corrected chi connectivity index (χ4v) is 3.07. The molecule has 4 rings (SSSR count). The van der Waals surface area contributed by atoms with Gasteiger partial charge in [0.2, 0.25) is 0 Å². The maximum Gasteiger partial charge on any atom is 0.417 e. The number of benzene rings is 1. The van der Waals surface area contributed by atoms with E-state index < -0.39 is 17.6 Å². The molecule has 0 radical (unpaired) electrons. The Morgan fingerprint density at radius 2 is 1.89 bits per heavy atom. The van der Waals surface area contributed by atoms with Gasteiger partial charge in [-0.25, -0.2) is 9.97 Å². The number of halogens is 3. The largest absolute Gasteiger partial charge is 0.417 e. The highest BCUT2D eigenvalue weighted by Crippen LogP contribution is 2.39. The van der Waals surface area contributed by atoms with Gasteiger partial charge < -0.3 is 10.7 Å². The Hall–Kier alpha value is -3.62. The SMILES string of the molecule is NC(=O)c1ccn(-c2ncnc3[nH]ccc23)c1-c1ccccc1C(F)(F)F. The van der Waals surface area contributed by atoms with Crippen molar-refractivity contribution >= 4 is 16.9 Å². The van der Waals surface area contributed by atoms with E-state index >= 15 is 0 Å². The van der Waals surface area contributed by atoms with Gasteiger partial charge in [0, 0.05) is 18.0 Å². The Labute approximate surface area is 150 Å². The molecular formula is C18H12F3N5O. The molecule has 0 spiro atoms. The molecule has 0 saturated carbocycles. The van der Waals surface area contributed by atoms with E-state index in [1.54, 1.807) is 12.3 Å². The summed E-state index contributed by atoms with van der Waals surface area (Å²) in [6, 6.07) is 8.11. The van der Waals surface area contributed by atoms with Crippen LogP contribution in [0, 0.1) is 0 Å². The van der Waals surface area contributed by atoms with Gasteiger partial charge in [0.05, 0.1) is 22.2 Å². The van der Waals surface area contributed by atoms with Crippen molar-refractivity contribution < 1.29 is 18.0 Å². The lowest BCUT2D eigenvalue weighted by atomic mass is 10.0. The molecular weight excluding hydrogens is 359 g/mol. The lowest BCUT2D eigenvalue weighted by Crippen LogP contribution is -2.14. The molecule has 1 amide bonds. The van der Waals surface area contributed by atoms with Gasteiger partial charge in [-0.15, -0.1) is 0 Å². The van der Waals surface area contributed by atoms with Crippen molar-refractivity contribution in [1.82, 2.24) is 19.5 Å². The maximum atomic E-state index is 13.6. The molecule has 4 aromatic rings. The number of nitrogens with one attached hydrogen (secondary N) is 1. The number of hydrogen-bond acceptors (Lipinski definition) is 3. The summed E-state index contributed by atoms with van der Waals surface area (Å²) in [6.45, 7) is 0. The number of nitrogens with zero attached hydrogens (tertiary/aromatic N) is 3. The molecule has 0 aliphatic rings. The minimum Gasteiger partial charge on any atom is -0.366 e. The molecule has 0 unspecified atom stereocenters. The van der Waals surface area contributed by atoms with Crippen molar-refractivity contribution in [1.29, 1.82) is 0 Å². The zero-order valence-corrected chi connectivity index (χ0v) is 13.7. The second kappa shape index (κ2) is 5.97. The van der Waals surface area contributed by atoms with Gasteiger partial charge in [0.25, 0.3) is 5.91 Å². The third-order valence-corrected chi connectivity index (χ3v) is 4.20. The monoisotopic (exact) mass is 371 g/mol. The topological polar surface area (TPSA) is 89.6 Å². The van der Waals surface area contributed by atoms with E-state index in [-0.39, 0.29) is 16.8 Å². The minimum absolute atomic E-state index is 0.0247. The summed E-state index contributed by atoms with van der Waals surface area (Å²) in [5.41, 5.74) is 4.90. The standard InChI is InChI=1S/C18H12F3N5O/c19-18(20,21)13-4-2-1-3-10(13)14-11(15(22)27)6-8-26(14)17-12-5-7-23-16(12)24-9-25-17/h1-9H,(H2,22,27)(H,23,24,25). The lowest BCUT2D eigenvalue weighted by Gasteiger charge is -2.16. The number of hydrogen-bond donors (Lipinski definition) is 2. The Balaban J connectivity index is 2.07. The second-order valence-electron chi connectivity index (χ2n) is 5.79. The molecule has 1 aromatic carbocycles. The number of H-pyrrole nitrogens is 1. The molecule has 0 fully saturated rings. The van der Waals surface area contributed by atoms with Crippen LogP contribution in [0.5, 0.6) is 0 Å². The van der Waals surface area contributed by atoms with Crippen molar-refractivity contribution in [2.75, 3.05) is 0 Å². The number of alkyl halides is 3. The normalized spacial score (nSPS) is 11.8. The average molecular weight is 371 g/mol. The summed E-state index contributed by atoms with van der Waals surface area (Å²) in [4.78, 5) is 23.1. The zero-order valence-electron chi connectivity index (χ0n) is 13.7. The van der Waals surface area contributed by atoms with Crippen molar-refractivity contribution in [3.63, 3.8) is 0 Å². The Morgan fingerprint density at radius 3 is 2.63 bits per heavy atom. The summed E-state index contributed by atoms with van der Waals surface area (Å²) >= 11 is 0. The number of nitrogens with two attached hydrogens (primary N) is 1. The minimum atomic E-state index is -4.60. The first kappa shape index (κ1) is 16.8. The number of aromatic nitrogens is 4. The van der Waals surface area contributed by atoms with Crippen molar-refractivity contribution in [2.45, 2.75) is 6.18 Å². The van der Waals surface area contributed by atoms with Crippen molar-refractivity contribution in [3.05, 3.63) is 66.2 Å². The highest BCUT2D eigenvalue weighted by molar-refractivity contribution is 6.00. The van der Waals surface area contributed by atoms with Crippen LogP contribution >= 0.6 is 0 Å². The smallest absolute Gasteiger partial charge is 0.366 e. The van der Waals surface area contributed by atoms with E-state index in [0.29, 0.717) is 16.9 Å². The van der Waals surface area contributed by atoms with E-state index in [9.17, 15) is 18.0 Å². The molecule has 3 aromatic heterocycles. The number of carbonyl (C=O) groups excluding carboxylic acids is 1. The molecule has 3 heterocycles. The van der Waals surface area contributed by atoms with Gasteiger partial charge in [-0.2, -0.15) is 13.2 Å². The number of aromatic amines is 1. The van der Waals surface area contributed by atoms with E-state index in [1.807, 2.05) is 0 Å². The van der Waals surface area contributed by atoms with Gasteiger partial charge in [-0.1, -0.05) is 18.2 Å². The molecule has 0 bridgehead atoms. The van der Waals surface area contributed by atoms with Crippen LogP contribution in [0.25, 0.3) is 28.1 Å². The molecule has 0 saturated heterocycles. The summed E-state index contributed by atoms with van der Waals surface area (Å²) in [5, 5.41) is 0.592. The number of primary amides is 1. The van der Waals surface area contributed by atoms with Gasteiger partial charge in [0.15, 0.2) is 0 Å². The van der Waals surface area contributed by atoms with Gasteiger partial charge >= 0.3 is 6.18 Å². The van der Waals surface area contributed by atoms with Crippen LogP contribution in [0.4, 0.5) is 13.2 Å². The fraction of sp³-hybridized carbons (Fsp3) is 0.0556.